The number of allylic oxidation sites excluding steroid dienone is 2. The van der Waals surface area contributed by atoms with Gasteiger partial charge < -0.3 is 0 Å². The van der Waals surface area contributed by atoms with Crippen molar-refractivity contribution >= 4 is 16.7 Å². The Bertz CT molecular complexity index is 1040. The van der Waals surface area contributed by atoms with Gasteiger partial charge in [0.1, 0.15) is 12.5 Å². The third-order valence-corrected chi connectivity index (χ3v) is 5.06. The lowest BCUT2D eigenvalue weighted by Gasteiger charge is -2.23. The number of hydrogen-bond acceptors (Lipinski definition) is 4. The molecule has 1 aliphatic rings. The molecule has 6 nitrogen and oxygen atoms in total. The first-order chi connectivity index (χ1) is 12.5. The van der Waals surface area contributed by atoms with Gasteiger partial charge in [0, 0.05) is 19.4 Å². The molecular formula is C19H20FN5O. The number of alkyl halides is 1. The molecule has 7 heteroatoms. The van der Waals surface area contributed by atoms with Gasteiger partial charge >= 0.3 is 5.69 Å². The van der Waals surface area contributed by atoms with E-state index in [1.807, 2.05) is 19.1 Å². The highest BCUT2D eigenvalue weighted by atomic mass is 19.1. The Kier molecular flexibility index (Phi) is 4.14. The topological polar surface area (TPSA) is 65.6 Å². The number of pyridine rings is 1. The Morgan fingerprint density at radius 1 is 1.35 bits per heavy atom. The third-order valence-electron chi connectivity index (χ3n) is 5.06. The van der Waals surface area contributed by atoms with E-state index in [0.717, 1.165) is 22.3 Å². The van der Waals surface area contributed by atoms with Crippen molar-refractivity contribution in [2.45, 2.75) is 32.5 Å². The predicted molar refractivity (Wildman–Crippen MR) is 97.4 cm³/mol. The second kappa shape index (κ2) is 6.48. The molecule has 0 bridgehead atoms. The molecule has 0 aromatic carbocycles. The van der Waals surface area contributed by atoms with E-state index in [1.54, 1.807) is 30.1 Å². The minimum absolute atomic E-state index is 0.00955. The summed E-state index contributed by atoms with van der Waals surface area (Å²) in [5, 5.41) is 0. The summed E-state index contributed by atoms with van der Waals surface area (Å²) < 4.78 is 17.0. The number of halogens is 1. The highest BCUT2D eigenvalue weighted by Crippen LogP contribution is 2.33. The summed E-state index contributed by atoms with van der Waals surface area (Å²) in [6, 6.07) is 3.76. The molecule has 3 aromatic rings. The lowest BCUT2D eigenvalue weighted by molar-refractivity contribution is 0.240. The van der Waals surface area contributed by atoms with Crippen LogP contribution in [0.2, 0.25) is 0 Å². The largest absolute Gasteiger partial charge is 0.330 e. The predicted octanol–water partition coefficient (Wildman–Crippen LogP) is 2.72. The van der Waals surface area contributed by atoms with Gasteiger partial charge in [-0.3, -0.25) is 9.13 Å². The van der Waals surface area contributed by atoms with Crippen molar-refractivity contribution in [1.29, 1.82) is 0 Å². The van der Waals surface area contributed by atoms with Crippen LogP contribution in [0, 0.1) is 5.92 Å². The normalized spacial score (nSPS) is 20.3. The number of aryl methyl sites for hydroxylation is 1. The Balaban J connectivity index is 1.80. The zero-order valence-corrected chi connectivity index (χ0v) is 14.8. The fourth-order valence-corrected chi connectivity index (χ4v) is 3.46. The Morgan fingerprint density at radius 3 is 2.92 bits per heavy atom. The molecule has 0 saturated heterocycles. The van der Waals surface area contributed by atoms with Gasteiger partial charge in [0.2, 0.25) is 0 Å². The molecule has 0 radical (unpaired) electrons. The zero-order chi connectivity index (χ0) is 18.3. The maximum Gasteiger partial charge on any atom is 0.330 e. The first-order valence-corrected chi connectivity index (χ1v) is 8.68. The van der Waals surface area contributed by atoms with Crippen molar-refractivity contribution in [1.82, 2.24) is 24.1 Å². The smallest absolute Gasteiger partial charge is 0.284 e. The van der Waals surface area contributed by atoms with E-state index >= 15 is 0 Å². The number of rotatable bonds is 3. The number of aromatic nitrogens is 5. The summed E-state index contributed by atoms with van der Waals surface area (Å²) in [6.45, 7) is 2.28. The van der Waals surface area contributed by atoms with Gasteiger partial charge in [0.15, 0.2) is 5.65 Å². The van der Waals surface area contributed by atoms with Gasteiger partial charge in [0.25, 0.3) is 0 Å². The summed E-state index contributed by atoms with van der Waals surface area (Å²) in [5.74, 6) is -0.00955. The first kappa shape index (κ1) is 16.6. The summed E-state index contributed by atoms with van der Waals surface area (Å²) in [4.78, 5) is 25.3. The summed E-state index contributed by atoms with van der Waals surface area (Å²) in [6.07, 6.45) is 7.16. The SMILES string of the molecule is CC1CC(c2cnc3c(c2)n(Cc2ccncn2)c(=O)n3C)=CCC1F. The van der Waals surface area contributed by atoms with Crippen LogP contribution in [0.25, 0.3) is 16.7 Å². The van der Waals surface area contributed by atoms with Crippen LogP contribution >= 0.6 is 0 Å². The van der Waals surface area contributed by atoms with Gasteiger partial charge in [-0.1, -0.05) is 13.0 Å². The van der Waals surface area contributed by atoms with Gasteiger partial charge in [-0.15, -0.1) is 0 Å². The zero-order valence-electron chi connectivity index (χ0n) is 14.8. The van der Waals surface area contributed by atoms with Crippen molar-refractivity contribution < 1.29 is 4.39 Å². The van der Waals surface area contributed by atoms with Crippen LogP contribution in [0.1, 0.15) is 31.0 Å². The number of imidazole rings is 1. The molecule has 4 rings (SSSR count). The molecule has 0 spiro atoms. The number of hydrogen-bond donors (Lipinski definition) is 0. The molecule has 2 unspecified atom stereocenters. The van der Waals surface area contributed by atoms with Crippen LogP contribution in [0.4, 0.5) is 4.39 Å². The molecule has 0 fully saturated rings. The van der Waals surface area contributed by atoms with Crippen molar-refractivity contribution in [3.05, 3.63) is 58.7 Å². The van der Waals surface area contributed by atoms with Crippen LogP contribution in [-0.4, -0.2) is 30.3 Å². The molecule has 0 N–H and O–H groups in total. The minimum Gasteiger partial charge on any atom is -0.284 e. The highest BCUT2D eigenvalue weighted by molar-refractivity contribution is 5.78. The second-order valence-electron chi connectivity index (χ2n) is 6.86. The van der Waals surface area contributed by atoms with Crippen LogP contribution in [0.5, 0.6) is 0 Å². The molecule has 0 saturated carbocycles. The summed E-state index contributed by atoms with van der Waals surface area (Å²) >= 11 is 0. The molecule has 0 aliphatic heterocycles. The second-order valence-corrected chi connectivity index (χ2v) is 6.86. The summed E-state index contributed by atoms with van der Waals surface area (Å²) in [5.41, 5.74) is 4.03. The fraction of sp³-hybridized carbons (Fsp3) is 0.368. The van der Waals surface area contributed by atoms with Crippen molar-refractivity contribution in [2.75, 3.05) is 0 Å². The lowest BCUT2D eigenvalue weighted by Crippen LogP contribution is -2.23. The number of nitrogens with zero attached hydrogens (tertiary/aromatic N) is 5. The summed E-state index contributed by atoms with van der Waals surface area (Å²) in [7, 11) is 1.71. The Hall–Kier alpha value is -2.83. The van der Waals surface area contributed by atoms with Crippen LogP contribution in [0.15, 0.2) is 41.7 Å². The van der Waals surface area contributed by atoms with Crippen LogP contribution in [0.3, 0.4) is 0 Å². The van der Waals surface area contributed by atoms with Crippen LogP contribution < -0.4 is 5.69 Å². The number of fused-ring (bicyclic) bond motifs is 1. The van der Waals surface area contributed by atoms with Gasteiger partial charge in [-0.05, 0) is 42.0 Å². The maximum atomic E-state index is 13.8. The highest BCUT2D eigenvalue weighted by Gasteiger charge is 2.23. The molecule has 3 aromatic heterocycles. The van der Waals surface area contributed by atoms with E-state index in [2.05, 4.69) is 15.0 Å². The molecule has 134 valence electrons. The Labute approximate surface area is 150 Å². The first-order valence-electron chi connectivity index (χ1n) is 8.68. The monoisotopic (exact) mass is 353 g/mol. The van der Waals surface area contributed by atoms with Gasteiger partial charge in [-0.2, -0.15) is 0 Å². The minimum atomic E-state index is -0.789. The van der Waals surface area contributed by atoms with E-state index < -0.39 is 6.17 Å². The average Bonchev–Trinajstić information content (AvgIpc) is 2.89. The third kappa shape index (κ3) is 2.83. The molecule has 2 atom stereocenters. The molecule has 3 heterocycles. The van der Waals surface area contributed by atoms with Gasteiger partial charge in [-0.25, -0.2) is 24.1 Å². The Morgan fingerprint density at radius 2 is 2.19 bits per heavy atom. The molecular weight excluding hydrogens is 333 g/mol. The molecule has 0 amide bonds. The van der Waals surface area contributed by atoms with Crippen LogP contribution in [-0.2, 0) is 13.6 Å². The van der Waals surface area contributed by atoms with Crippen molar-refractivity contribution in [3.63, 3.8) is 0 Å². The van der Waals surface area contributed by atoms with Crippen molar-refractivity contribution in [2.24, 2.45) is 13.0 Å². The van der Waals surface area contributed by atoms with E-state index in [9.17, 15) is 9.18 Å². The van der Waals surface area contributed by atoms with E-state index in [-0.39, 0.29) is 11.6 Å². The van der Waals surface area contributed by atoms with E-state index in [1.165, 1.54) is 10.9 Å². The lowest BCUT2D eigenvalue weighted by atomic mass is 9.86. The standard InChI is InChI=1S/C19H20FN5O/c1-12-7-13(3-4-16(12)20)14-8-17-18(22-9-14)24(2)19(26)25(17)10-15-5-6-21-11-23-15/h3,5-6,8-9,11-12,16H,4,7,10H2,1-2H3. The fourth-order valence-electron chi connectivity index (χ4n) is 3.46. The molecule has 1 aliphatic carbocycles. The average molecular weight is 353 g/mol. The van der Waals surface area contributed by atoms with E-state index in [0.29, 0.717) is 25.0 Å². The maximum absolute atomic E-state index is 13.8. The molecule has 26 heavy (non-hydrogen) atoms. The quantitative estimate of drug-likeness (QED) is 0.726. The van der Waals surface area contributed by atoms with Gasteiger partial charge in [0.05, 0.1) is 17.8 Å². The van der Waals surface area contributed by atoms with Crippen molar-refractivity contribution in [3.8, 4) is 0 Å². The van der Waals surface area contributed by atoms with E-state index in [4.69, 9.17) is 0 Å².